The van der Waals surface area contributed by atoms with Gasteiger partial charge in [0, 0.05) is 71.8 Å². The first kappa shape index (κ1) is 32.0. The van der Waals surface area contributed by atoms with E-state index in [4.69, 9.17) is 12.5 Å². The monoisotopic (exact) mass is 830 g/mol. The number of fused-ring (bicyclic) bond motifs is 4. The van der Waals surface area contributed by atoms with Gasteiger partial charge in [-0.3, -0.25) is 0 Å². The Morgan fingerprint density at radius 3 is 2.02 bits per heavy atom. The van der Waals surface area contributed by atoms with Crippen LogP contribution in [0.3, 0.4) is 0 Å². The zero-order valence-corrected chi connectivity index (χ0v) is 32.0. The Hall–Kier alpha value is -4.21. The zero-order valence-electron chi connectivity index (χ0n) is 31.8. The van der Waals surface area contributed by atoms with Crippen molar-refractivity contribution >= 4 is 32.8 Å². The van der Waals surface area contributed by atoms with Crippen LogP contribution < -0.4 is 4.74 Å². The molecule has 4 aromatic carbocycles. The predicted molar refractivity (Wildman–Crippen MR) is 199 cm³/mol. The second kappa shape index (κ2) is 12.3. The van der Waals surface area contributed by atoms with Gasteiger partial charge in [0.25, 0.3) is 0 Å². The SMILES string of the molecule is [2H]C([2H])n1[cH+]n(-c2[c-]c(Oc3[c-]c4c(cc3C(C)(C)C)c3ccccc3n4-c3cc(C(C)(C)C)ccn3)c(C(C)(C)C)cc2)c2ccccc21.[Pt]. The molecule has 254 valence electrons. The van der Waals surface area contributed by atoms with Crippen LogP contribution in [0.25, 0.3) is 44.3 Å². The van der Waals surface area contributed by atoms with E-state index in [-0.39, 0.29) is 37.3 Å². The number of rotatable bonds is 4. The maximum Gasteiger partial charge on any atom is 0.188 e. The van der Waals surface area contributed by atoms with Gasteiger partial charge in [0.15, 0.2) is 17.4 Å². The Balaban J connectivity index is 0.00000448. The minimum atomic E-state index is -1.19. The van der Waals surface area contributed by atoms with Gasteiger partial charge in [0.05, 0.1) is 0 Å². The Bertz CT molecular complexity index is 2400. The van der Waals surface area contributed by atoms with Gasteiger partial charge in [-0.25, -0.2) is 14.1 Å². The molecule has 0 saturated carbocycles. The summed E-state index contributed by atoms with van der Waals surface area (Å²) in [6.45, 7) is 18.6. The van der Waals surface area contributed by atoms with E-state index in [1.165, 1.54) is 5.56 Å². The fourth-order valence-electron chi connectivity index (χ4n) is 6.51. The maximum atomic E-state index is 8.16. The summed E-state index contributed by atoms with van der Waals surface area (Å²) in [6.07, 6.45) is 3.70. The van der Waals surface area contributed by atoms with Crippen LogP contribution in [0.5, 0.6) is 11.5 Å². The van der Waals surface area contributed by atoms with E-state index >= 15 is 0 Å². The summed E-state index contributed by atoms with van der Waals surface area (Å²) in [6, 6.07) is 34.4. The molecule has 0 aliphatic carbocycles. The second-order valence-electron chi connectivity index (χ2n) is 15.8. The standard InChI is InChI=1S/C43H45N4O.Pt/c1-41(2,3)28-21-22-44-40(23-28)47-34-16-12-11-15-30(34)31-25-33(43(7,8)9)39(26-37(31)47)48-38-24-29(19-20-32(38)42(4,5)6)46-27-45(10)35-17-13-14-18-36(35)46;/h11-23,25,27H,1-10H3;/q-1;/i10D2;. The summed E-state index contributed by atoms with van der Waals surface area (Å²) in [5.41, 5.74) is 7.15. The molecule has 0 amide bonds. The van der Waals surface area contributed by atoms with E-state index in [1.807, 2.05) is 41.1 Å². The van der Waals surface area contributed by atoms with Crippen LogP contribution in [0.15, 0.2) is 91.4 Å². The number of ether oxygens (including phenoxy) is 1. The number of aryl methyl sites for hydroxylation is 1. The van der Waals surface area contributed by atoms with Gasteiger partial charge < -0.3 is 9.30 Å². The number of aromatic nitrogens is 4. The predicted octanol–water partition coefficient (Wildman–Crippen LogP) is 11.0. The number of nitrogens with zero attached hydrogens (tertiary/aromatic N) is 4. The molecular weight excluding hydrogens is 784 g/mol. The van der Waals surface area contributed by atoms with E-state index in [9.17, 15) is 0 Å². The third-order valence-corrected chi connectivity index (χ3v) is 9.15. The van der Waals surface area contributed by atoms with Gasteiger partial charge >= 0.3 is 0 Å². The molecule has 0 atom stereocenters. The van der Waals surface area contributed by atoms with Crippen LogP contribution in [-0.4, -0.2) is 18.7 Å². The molecule has 0 radical (unpaired) electrons. The maximum absolute atomic E-state index is 8.16. The topological polar surface area (TPSA) is 36.9 Å². The molecular formula is C43H45N4OPt-. The van der Waals surface area contributed by atoms with Crippen molar-refractivity contribution in [2.24, 2.45) is 7.00 Å². The first-order valence-corrected chi connectivity index (χ1v) is 16.6. The molecule has 3 aromatic heterocycles. The van der Waals surface area contributed by atoms with E-state index in [1.54, 1.807) is 10.9 Å². The van der Waals surface area contributed by atoms with Crippen molar-refractivity contribution < 1.29 is 28.5 Å². The number of hydrogen-bond acceptors (Lipinski definition) is 2. The number of benzene rings is 4. The summed E-state index contributed by atoms with van der Waals surface area (Å²) in [4.78, 5) is 4.88. The van der Waals surface area contributed by atoms with Gasteiger partial charge in [-0.2, -0.15) is 12.1 Å². The molecule has 7 rings (SSSR count). The van der Waals surface area contributed by atoms with Crippen LogP contribution in [0.1, 0.15) is 81.7 Å². The summed E-state index contributed by atoms with van der Waals surface area (Å²) in [5.74, 6) is 2.10. The van der Waals surface area contributed by atoms with Crippen LogP contribution >= 0.6 is 0 Å². The molecule has 3 heterocycles. The summed E-state index contributed by atoms with van der Waals surface area (Å²) in [7, 11) is 0. The number of pyridine rings is 1. The summed E-state index contributed by atoms with van der Waals surface area (Å²) in [5, 5.41) is 2.23. The van der Waals surface area contributed by atoms with Crippen LogP contribution in [0, 0.1) is 12.1 Å². The average molecular weight is 831 g/mol. The molecule has 0 unspecified atom stereocenters. The molecule has 5 nitrogen and oxygen atoms in total. The third-order valence-electron chi connectivity index (χ3n) is 9.15. The molecule has 49 heavy (non-hydrogen) atoms. The van der Waals surface area contributed by atoms with Crippen molar-refractivity contribution in [3.05, 3.63) is 120 Å². The zero-order chi connectivity index (χ0) is 35.7. The van der Waals surface area contributed by atoms with Gasteiger partial charge in [-0.15, -0.1) is 28.6 Å². The molecule has 7 aromatic rings. The average Bonchev–Trinajstić information content (AvgIpc) is 3.59. The first-order chi connectivity index (χ1) is 23.5. The van der Waals surface area contributed by atoms with Crippen molar-refractivity contribution in [1.82, 2.24) is 18.7 Å². The van der Waals surface area contributed by atoms with Gasteiger partial charge in [0.2, 0.25) is 0 Å². The molecule has 0 spiro atoms. The Labute approximate surface area is 307 Å². The van der Waals surface area contributed by atoms with E-state index in [2.05, 4.69) is 128 Å². The molecule has 6 heteroatoms. The smallest absolute Gasteiger partial charge is 0.188 e. The Morgan fingerprint density at radius 1 is 0.694 bits per heavy atom. The van der Waals surface area contributed by atoms with E-state index in [0.29, 0.717) is 11.5 Å². The Morgan fingerprint density at radius 2 is 1.35 bits per heavy atom. The largest absolute Gasteiger partial charge is 0.508 e. The number of imidazole rings is 1. The van der Waals surface area contributed by atoms with Gasteiger partial charge in [-0.1, -0.05) is 103 Å². The number of hydrogen-bond donors (Lipinski definition) is 0. The molecule has 0 saturated heterocycles. The van der Waals surface area contributed by atoms with Crippen LogP contribution in [-0.2, 0) is 44.3 Å². The molecule has 0 fully saturated rings. The van der Waals surface area contributed by atoms with Crippen LogP contribution in [0.4, 0.5) is 0 Å². The molecule has 0 N–H and O–H groups in total. The third kappa shape index (κ3) is 6.23. The fourth-order valence-corrected chi connectivity index (χ4v) is 6.51. The first-order valence-electron chi connectivity index (χ1n) is 17.8. The molecule has 0 bridgehead atoms. The van der Waals surface area contributed by atoms with Crippen molar-refractivity contribution in [1.29, 1.82) is 0 Å². The van der Waals surface area contributed by atoms with Crippen molar-refractivity contribution in [2.75, 3.05) is 0 Å². The van der Waals surface area contributed by atoms with E-state index in [0.717, 1.165) is 55.5 Å². The van der Waals surface area contributed by atoms with Gasteiger partial charge in [0.1, 0.15) is 5.82 Å². The number of para-hydroxylation sites is 3. The fraction of sp³-hybridized carbons (Fsp3) is 0.302. The quantitative estimate of drug-likeness (QED) is 0.166. The second-order valence-corrected chi connectivity index (χ2v) is 15.8. The van der Waals surface area contributed by atoms with Crippen molar-refractivity contribution in [2.45, 2.75) is 78.6 Å². The minimum absolute atomic E-state index is 0. The molecule has 0 aliphatic rings. The van der Waals surface area contributed by atoms with E-state index < -0.39 is 7.00 Å². The van der Waals surface area contributed by atoms with Gasteiger partial charge in [-0.05, 0) is 46.7 Å². The van der Waals surface area contributed by atoms with Crippen LogP contribution in [0.2, 0.25) is 0 Å². The van der Waals surface area contributed by atoms with Crippen molar-refractivity contribution in [3.8, 4) is 23.0 Å². The minimum Gasteiger partial charge on any atom is -0.508 e. The summed E-state index contributed by atoms with van der Waals surface area (Å²) >= 11 is 0. The Kier molecular flexibility index (Phi) is 8.03. The van der Waals surface area contributed by atoms with Crippen molar-refractivity contribution in [3.63, 3.8) is 0 Å². The summed E-state index contributed by atoms with van der Waals surface area (Å²) < 4.78 is 29.2. The normalized spacial score (nSPS) is 13.2. The molecule has 0 aliphatic heterocycles.